The summed E-state index contributed by atoms with van der Waals surface area (Å²) in [6, 6.07) is 7.57. The van der Waals surface area contributed by atoms with Crippen molar-refractivity contribution in [2.24, 2.45) is 22.9 Å². The second kappa shape index (κ2) is 12.6. The van der Waals surface area contributed by atoms with Gasteiger partial charge in [-0.25, -0.2) is 0 Å². The zero-order valence-electron chi connectivity index (χ0n) is 19.1. The summed E-state index contributed by atoms with van der Waals surface area (Å²) in [6.45, 7) is 0. The smallest absolute Gasteiger partial charge is 0.303 e. The molecule has 0 amide bonds. The quantitative estimate of drug-likeness (QED) is 0.114. The van der Waals surface area contributed by atoms with Gasteiger partial charge in [-0.2, -0.15) is 0 Å². The number of aliphatic hydroxyl groups excluding tert-OH is 2. The van der Waals surface area contributed by atoms with Crippen LogP contribution in [0.4, 0.5) is 5.69 Å². The van der Waals surface area contributed by atoms with Crippen LogP contribution in [0, 0.1) is 17.8 Å². The molecule has 0 bridgehead atoms. The van der Waals surface area contributed by atoms with E-state index in [9.17, 15) is 15.0 Å². The van der Waals surface area contributed by atoms with Gasteiger partial charge in [0, 0.05) is 22.9 Å². The van der Waals surface area contributed by atoms with E-state index in [1.54, 1.807) is 6.07 Å². The Hall–Kier alpha value is -2.60. The fourth-order valence-corrected chi connectivity index (χ4v) is 5.28. The molecule has 0 unspecified atom stereocenters. The topological polar surface area (TPSA) is 127 Å². The molecule has 2 aliphatic rings. The molecule has 0 heterocycles. The van der Waals surface area contributed by atoms with Crippen LogP contribution in [0.1, 0.15) is 63.4 Å². The first-order valence-electron chi connectivity index (χ1n) is 12.1. The highest BCUT2D eigenvalue weighted by Crippen LogP contribution is 2.48. The van der Waals surface area contributed by atoms with E-state index in [4.69, 9.17) is 10.6 Å². The van der Waals surface area contributed by atoms with Crippen LogP contribution in [0.3, 0.4) is 0 Å². The molecule has 3 N–H and O–H groups in total. The zero-order chi connectivity index (χ0) is 23.6. The largest absolute Gasteiger partial charge is 0.481 e. The number of aryl methyl sites for hydroxylation is 1. The predicted molar refractivity (Wildman–Crippen MR) is 128 cm³/mol. The maximum absolute atomic E-state index is 10.7. The van der Waals surface area contributed by atoms with Crippen molar-refractivity contribution in [2.75, 3.05) is 0 Å². The highest BCUT2D eigenvalue weighted by Gasteiger charge is 2.43. The normalized spacial score (nSPS) is 25.0. The highest BCUT2D eigenvalue weighted by molar-refractivity contribution is 5.66. The third-order valence-corrected chi connectivity index (χ3v) is 6.93. The van der Waals surface area contributed by atoms with Crippen LogP contribution in [-0.2, 0) is 11.2 Å². The number of azide groups is 1. The number of carboxylic acid groups (broad SMARTS) is 1. The molecule has 1 fully saturated rings. The standard InChI is InChI=1S/C26H35N3O4/c27-29-28-21-9-5-8-18(15-21)6-1-3-10-22(30)12-13-23-24-16-19(7-2-4-11-26(32)33)14-20(24)17-25(23)31/h5,8-9,12-15,20,22-25,30-31H,1-4,6-7,10-11,16-17H2,(H,32,33)/b13-12+/t20-,22+,23+,24-,25+/m0/s1. The molecule has 2 aliphatic carbocycles. The summed E-state index contributed by atoms with van der Waals surface area (Å²) >= 11 is 0. The third-order valence-electron chi connectivity index (χ3n) is 6.93. The molecule has 0 aromatic heterocycles. The summed E-state index contributed by atoms with van der Waals surface area (Å²) in [7, 11) is 0. The van der Waals surface area contributed by atoms with Crippen LogP contribution in [0.5, 0.6) is 0 Å². The van der Waals surface area contributed by atoms with E-state index < -0.39 is 12.1 Å². The Morgan fingerprint density at radius 2 is 2.06 bits per heavy atom. The Morgan fingerprint density at radius 3 is 2.85 bits per heavy atom. The summed E-state index contributed by atoms with van der Waals surface area (Å²) in [5.41, 5.74) is 11.7. The maximum Gasteiger partial charge on any atom is 0.303 e. The summed E-state index contributed by atoms with van der Waals surface area (Å²) in [6.07, 6.45) is 13.2. The number of allylic oxidation sites excluding steroid dienone is 2. The van der Waals surface area contributed by atoms with E-state index in [-0.39, 0.29) is 18.4 Å². The second-order valence-corrected chi connectivity index (χ2v) is 9.40. The SMILES string of the molecule is [N-]=[N+]=Nc1cccc(CCCC[C@@H](O)/C=C/[C@@H]2[C@H]3CC(CCCCC(=O)O)=C[C@H]3C[C@H]2O)c1. The van der Waals surface area contributed by atoms with Gasteiger partial charge in [-0.1, -0.05) is 53.5 Å². The molecule has 3 rings (SSSR count). The van der Waals surface area contributed by atoms with Crippen molar-refractivity contribution in [1.29, 1.82) is 0 Å². The second-order valence-electron chi connectivity index (χ2n) is 9.40. The van der Waals surface area contributed by atoms with Crippen molar-refractivity contribution >= 4 is 11.7 Å². The average molecular weight is 454 g/mol. The Morgan fingerprint density at radius 1 is 1.24 bits per heavy atom. The fourth-order valence-electron chi connectivity index (χ4n) is 5.28. The summed E-state index contributed by atoms with van der Waals surface area (Å²) in [4.78, 5) is 13.5. The number of carboxylic acids is 1. The number of nitrogens with zero attached hydrogens (tertiary/aromatic N) is 3. The molecule has 7 nitrogen and oxygen atoms in total. The van der Waals surface area contributed by atoms with Crippen LogP contribution < -0.4 is 0 Å². The van der Waals surface area contributed by atoms with Crippen molar-refractivity contribution < 1.29 is 20.1 Å². The minimum Gasteiger partial charge on any atom is -0.481 e. The molecule has 33 heavy (non-hydrogen) atoms. The lowest BCUT2D eigenvalue weighted by molar-refractivity contribution is -0.137. The number of hydrogen-bond acceptors (Lipinski definition) is 4. The first-order valence-corrected chi connectivity index (χ1v) is 12.1. The molecule has 178 valence electrons. The Balaban J connectivity index is 1.39. The third kappa shape index (κ3) is 7.74. The van der Waals surface area contributed by atoms with Gasteiger partial charge in [0.15, 0.2) is 0 Å². The van der Waals surface area contributed by atoms with Gasteiger partial charge in [0.2, 0.25) is 0 Å². The van der Waals surface area contributed by atoms with Gasteiger partial charge in [0.1, 0.15) is 0 Å². The number of fused-ring (bicyclic) bond motifs is 1. The summed E-state index contributed by atoms with van der Waals surface area (Å²) < 4.78 is 0. The number of benzene rings is 1. The Bertz CT molecular complexity index is 907. The molecule has 7 heteroatoms. The number of rotatable bonds is 13. The van der Waals surface area contributed by atoms with E-state index >= 15 is 0 Å². The Kier molecular flexibility index (Phi) is 9.55. The highest BCUT2D eigenvalue weighted by atomic mass is 16.4. The molecule has 1 saturated carbocycles. The van der Waals surface area contributed by atoms with Crippen LogP contribution >= 0.6 is 0 Å². The monoisotopic (exact) mass is 453 g/mol. The number of aliphatic hydroxyl groups is 2. The van der Waals surface area contributed by atoms with Gasteiger partial charge < -0.3 is 15.3 Å². The van der Waals surface area contributed by atoms with E-state index in [2.05, 4.69) is 16.1 Å². The molecule has 5 atom stereocenters. The average Bonchev–Trinajstić information content (AvgIpc) is 3.29. The number of unbranched alkanes of at least 4 members (excludes halogenated alkanes) is 2. The molecular formula is C26H35N3O4. The fraction of sp³-hybridized carbons (Fsp3) is 0.577. The van der Waals surface area contributed by atoms with Crippen molar-refractivity contribution in [2.45, 2.75) is 76.4 Å². The van der Waals surface area contributed by atoms with E-state index in [0.29, 0.717) is 30.4 Å². The predicted octanol–water partition coefficient (Wildman–Crippen LogP) is 5.85. The molecule has 0 spiro atoms. The van der Waals surface area contributed by atoms with Crippen molar-refractivity contribution in [3.8, 4) is 0 Å². The van der Waals surface area contributed by atoms with E-state index in [1.165, 1.54) is 5.57 Å². The lowest BCUT2D eigenvalue weighted by Gasteiger charge is -2.19. The van der Waals surface area contributed by atoms with Crippen molar-refractivity contribution in [3.05, 3.63) is 64.1 Å². The van der Waals surface area contributed by atoms with Gasteiger partial charge in [0.25, 0.3) is 0 Å². The number of aliphatic carboxylic acids is 1. The first-order chi connectivity index (χ1) is 16.0. The molecule has 1 aromatic carbocycles. The number of hydrogen-bond donors (Lipinski definition) is 3. The van der Waals surface area contributed by atoms with Gasteiger partial charge in [-0.05, 0) is 80.4 Å². The molecule has 0 aliphatic heterocycles. The van der Waals surface area contributed by atoms with E-state index in [1.807, 2.05) is 30.4 Å². The van der Waals surface area contributed by atoms with Crippen LogP contribution in [-0.4, -0.2) is 33.5 Å². The van der Waals surface area contributed by atoms with Crippen LogP contribution in [0.15, 0.2) is 53.2 Å². The van der Waals surface area contributed by atoms with Gasteiger partial charge in [-0.15, -0.1) is 0 Å². The van der Waals surface area contributed by atoms with Gasteiger partial charge >= 0.3 is 5.97 Å². The molecule has 1 aromatic rings. The molecular weight excluding hydrogens is 418 g/mol. The minimum absolute atomic E-state index is 0.0702. The summed E-state index contributed by atoms with van der Waals surface area (Å²) in [5, 5.41) is 33.3. The Labute approximate surface area is 195 Å². The number of carbonyl (C=O) groups is 1. The van der Waals surface area contributed by atoms with Crippen molar-refractivity contribution in [3.63, 3.8) is 0 Å². The lowest BCUT2D eigenvalue weighted by atomic mass is 9.88. The minimum atomic E-state index is -0.737. The lowest BCUT2D eigenvalue weighted by Crippen LogP contribution is -2.18. The van der Waals surface area contributed by atoms with Gasteiger partial charge in [-0.3, -0.25) is 4.79 Å². The van der Waals surface area contributed by atoms with Crippen LogP contribution in [0.2, 0.25) is 0 Å². The maximum atomic E-state index is 10.7. The summed E-state index contributed by atoms with van der Waals surface area (Å²) in [5.74, 6) is 0.114. The van der Waals surface area contributed by atoms with E-state index in [0.717, 1.165) is 50.5 Å². The van der Waals surface area contributed by atoms with Gasteiger partial charge in [0.05, 0.1) is 12.2 Å². The molecule has 0 radical (unpaired) electrons. The molecule has 0 saturated heterocycles. The zero-order valence-corrected chi connectivity index (χ0v) is 19.1. The van der Waals surface area contributed by atoms with Crippen LogP contribution in [0.25, 0.3) is 10.4 Å². The first kappa shape index (κ1) is 25.0. The van der Waals surface area contributed by atoms with Crippen molar-refractivity contribution in [1.82, 2.24) is 0 Å².